The first-order valence-electron chi connectivity index (χ1n) is 6.47. The second-order valence-electron chi connectivity index (χ2n) is 4.73. The highest BCUT2D eigenvalue weighted by atomic mass is 16.5. The van der Waals surface area contributed by atoms with E-state index in [1.54, 1.807) is 6.20 Å². The standard InChI is InChI=1S/C14H24N2O2/c1-11(2)10-17-8-9-18-14-13(12(3)15-4)6-5-7-16-14/h5-7,11-12,15H,8-10H2,1-4H3. The molecule has 0 aliphatic heterocycles. The van der Waals surface area contributed by atoms with E-state index in [0.717, 1.165) is 12.2 Å². The van der Waals surface area contributed by atoms with Crippen LogP contribution in [0.3, 0.4) is 0 Å². The number of nitrogens with zero attached hydrogens (tertiary/aromatic N) is 1. The Morgan fingerprint density at radius 2 is 2.06 bits per heavy atom. The molecular weight excluding hydrogens is 228 g/mol. The third-order valence-corrected chi connectivity index (χ3v) is 2.62. The van der Waals surface area contributed by atoms with Gasteiger partial charge in [0.15, 0.2) is 0 Å². The number of nitrogens with one attached hydrogen (secondary N) is 1. The van der Waals surface area contributed by atoms with Gasteiger partial charge in [0, 0.05) is 24.4 Å². The molecule has 1 rings (SSSR count). The quantitative estimate of drug-likeness (QED) is 0.722. The lowest BCUT2D eigenvalue weighted by molar-refractivity contribution is 0.0802. The molecule has 4 nitrogen and oxygen atoms in total. The molecule has 1 aromatic heterocycles. The maximum absolute atomic E-state index is 5.67. The summed E-state index contributed by atoms with van der Waals surface area (Å²) in [4.78, 5) is 4.26. The van der Waals surface area contributed by atoms with E-state index in [2.05, 4.69) is 31.1 Å². The van der Waals surface area contributed by atoms with Crippen LogP contribution in [0.4, 0.5) is 0 Å². The smallest absolute Gasteiger partial charge is 0.218 e. The van der Waals surface area contributed by atoms with Gasteiger partial charge in [-0.25, -0.2) is 4.98 Å². The molecule has 0 aromatic carbocycles. The van der Waals surface area contributed by atoms with Crippen LogP contribution in [0.25, 0.3) is 0 Å². The first-order chi connectivity index (χ1) is 8.65. The summed E-state index contributed by atoms with van der Waals surface area (Å²) >= 11 is 0. The molecule has 0 spiro atoms. The van der Waals surface area contributed by atoms with E-state index >= 15 is 0 Å². The summed E-state index contributed by atoms with van der Waals surface area (Å²) in [5, 5.41) is 3.19. The van der Waals surface area contributed by atoms with Crippen LogP contribution < -0.4 is 10.1 Å². The van der Waals surface area contributed by atoms with Gasteiger partial charge in [-0.3, -0.25) is 0 Å². The summed E-state index contributed by atoms with van der Waals surface area (Å²) in [6.45, 7) is 8.25. The third-order valence-electron chi connectivity index (χ3n) is 2.62. The predicted molar refractivity (Wildman–Crippen MR) is 72.9 cm³/mol. The fraction of sp³-hybridized carbons (Fsp3) is 0.643. The summed E-state index contributed by atoms with van der Waals surface area (Å²) in [6, 6.07) is 4.18. The van der Waals surface area contributed by atoms with Crippen molar-refractivity contribution in [1.82, 2.24) is 10.3 Å². The highest BCUT2D eigenvalue weighted by Gasteiger charge is 2.10. The lowest BCUT2D eigenvalue weighted by Gasteiger charge is -2.15. The number of rotatable bonds is 8. The molecule has 0 aliphatic rings. The summed E-state index contributed by atoms with van der Waals surface area (Å²) in [5.41, 5.74) is 1.07. The fourth-order valence-electron chi connectivity index (χ4n) is 1.53. The third kappa shape index (κ3) is 5.02. The molecule has 0 aliphatic carbocycles. The Balaban J connectivity index is 2.42. The zero-order valence-electron chi connectivity index (χ0n) is 11.8. The molecule has 0 radical (unpaired) electrons. The van der Waals surface area contributed by atoms with Crippen LogP contribution in [0.1, 0.15) is 32.4 Å². The molecule has 1 unspecified atom stereocenters. The summed E-state index contributed by atoms with van der Waals surface area (Å²) in [6.07, 6.45) is 1.75. The number of hydrogen-bond donors (Lipinski definition) is 1. The molecular formula is C14H24N2O2. The van der Waals surface area contributed by atoms with E-state index in [1.165, 1.54) is 0 Å². The zero-order chi connectivity index (χ0) is 13.4. The van der Waals surface area contributed by atoms with Crippen molar-refractivity contribution in [2.24, 2.45) is 5.92 Å². The van der Waals surface area contributed by atoms with E-state index in [1.807, 2.05) is 19.2 Å². The van der Waals surface area contributed by atoms with E-state index in [-0.39, 0.29) is 6.04 Å². The van der Waals surface area contributed by atoms with Crippen LogP contribution >= 0.6 is 0 Å². The number of ether oxygens (including phenoxy) is 2. The van der Waals surface area contributed by atoms with Gasteiger partial charge < -0.3 is 14.8 Å². The zero-order valence-corrected chi connectivity index (χ0v) is 11.8. The number of hydrogen-bond acceptors (Lipinski definition) is 4. The molecule has 102 valence electrons. The van der Waals surface area contributed by atoms with Crippen LogP contribution in [0, 0.1) is 5.92 Å². The van der Waals surface area contributed by atoms with Gasteiger partial charge in [-0.15, -0.1) is 0 Å². The Hall–Kier alpha value is -1.13. The Morgan fingerprint density at radius 1 is 1.28 bits per heavy atom. The molecule has 0 amide bonds. The van der Waals surface area contributed by atoms with Gasteiger partial charge in [0.25, 0.3) is 0 Å². The number of aromatic nitrogens is 1. The van der Waals surface area contributed by atoms with Crippen molar-refractivity contribution in [2.45, 2.75) is 26.8 Å². The first-order valence-corrected chi connectivity index (χ1v) is 6.47. The van der Waals surface area contributed by atoms with Crippen molar-refractivity contribution >= 4 is 0 Å². The minimum atomic E-state index is 0.227. The van der Waals surface area contributed by atoms with Gasteiger partial charge in [-0.1, -0.05) is 19.9 Å². The van der Waals surface area contributed by atoms with Gasteiger partial charge in [-0.05, 0) is 26.0 Å². The van der Waals surface area contributed by atoms with Crippen LogP contribution in [0.5, 0.6) is 5.88 Å². The van der Waals surface area contributed by atoms with E-state index in [4.69, 9.17) is 9.47 Å². The van der Waals surface area contributed by atoms with Gasteiger partial charge in [0.05, 0.1) is 6.61 Å². The van der Waals surface area contributed by atoms with E-state index in [9.17, 15) is 0 Å². The Bertz CT molecular complexity index is 342. The van der Waals surface area contributed by atoms with E-state index in [0.29, 0.717) is 25.0 Å². The highest BCUT2D eigenvalue weighted by Crippen LogP contribution is 2.21. The van der Waals surface area contributed by atoms with Gasteiger partial charge >= 0.3 is 0 Å². The lowest BCUT2D eigenvalue weighted by Crippen LogP contribution is -2.16. The minimum Gasteiger partial charge on any atom is -0.475 e. The predicted octanol–water partition coefficient (Wildman–Crippen LogP) is 2.41. The molecule has 1 heterocycles. The summed E-state index contributed by atoms with van der Waals surface area (Å²) in [7, 11) is 1.92. The Labute approximate surface area is 110 Å². The fourth-order valence-corrected chi connectivity index (χ4v) is 1.53. The van der Waals surface area contributed by atoms with Crippen molar-refractivity contribution in [2.75, 3.05) is 26.9 Å². The maximum Gasteiger partial charge on any atom is 0.218 e. The topological polar surface area (TPSA) is 43.4 Å². The molecule has 0 fully saturated rings. The molecule has 4 heteroatoms. The monoisotopic (exact) mass is 252 g/mol. The van der Waals surface area contributed by atoms with Crippen LogP contribution in [-0.2, 0) is 4.74 Å². The second-order valence-corrected chi connectivity index (χ2v) is 4.73. The maximum atomic E-state index is 5.67. The Kier molecular flexibility index (Phi) is 6.68. The summed E-state index contributed by atoms with van der Waals surface area (Å²) < 4.78 is 11.1. The average Bonchev–Trinajstić information content (AvgIpc) is 2.37. The first kappa shape index (κ1) is 14.9. The van der Waals surface area contributed by atoms with Crippen molar-refractivity contribution in [3.63, 3.8) is 0 Å². The molecule has 0 saturated heterocycles. The van der Waals surface area contributed by atoms with Crippen molar-refractivity contribution < 1.29 is 9.47 Å². The SMILES string of the molecule is CNC(C)c1cccnc1OCCOCC(C)C. The average molecular weight is 252 g/mol. The summed E-state index contributed by atoms with van der Waals surface area (Å²) in [5.74, 6) is 1.24. The molecule has 1 atom stereocenters. The van der Waals surface area contributed by atoms with Crippen molar-refractivity contribution in [3.05, 3.63) is 23.9 Å². The van der Waals surface area contributed by atoms with Crippen LogP contribution in [0.15, 0.2) is 18.3 Å². The minimum absolute atomic E-state index is 0.227. The number of pyridine rings is 1. The normalized spacial score (nSPS) is 12.7. The van der Waals surface area contributed by atoms with E-state index < -0.39 is 0 Å². The molecule has 1 aromatic rings. The Morgan fingerprint density at radius 3 is 2.72 bits per heavy atom. The van der Waals surface area contributed by atoms with Gasteiger partial charge in [0.2, 0.25) is 5.88 Å². The van der Waals surface area contributed by atoms with Gasteiger partial charge in [-0.2, -0.15) is 0 Å². The molecule has 0 saturated carbocycles. The largest absolute Gasteiger partial charge is 0.475 e. The second kappa shape index (κ2) is 8.06. The molecule has 18 heavy (non-hydrogen) atoms. The van der Waals surface area contributed by atoms with Gasteiger partial charge in [0.1, 0.15) is 6.61 Å². The highest BCUT2D eigenvalue weighted by molar-refractivity contribution is 5.28. The lowest BCUT2D eigenvalue weighted by atomic mass is 10.1. The molecule has 0 bridgehead atoms. The van der Waals surface area contributed by atoms with Crippen LogP contribution in [0.2, 0.25) is 0 Å². The van der Waals surface area contributed by atoms with Crippen molar-refractivity contribution in [3.8, 4) is 5.88 Å². The molecule has 1 N–H and O–H groups in total. The van der Waals surface area contributed by atoms with Crippen molar-refractivity contribution in [1.29, 1.82) is 0 Å². The van der Waals surface area contributed by atoms with Crippen LogP contribution in [-0.4, -0.2) is 31.9 Å².